The number of benzene rings is 2. The third-order valence-corrected chi connectivity index (χ3v) is 4.47. The molecule has 0 aliphatic rings. The van der Waals surface area contributed by atoms with Gasteiger partial charge in [0.25, 0.3) is 0 Å². The Hall–Kier alpha value is 0.160. The van der Waals surface area contributed by atoms with Crippen molar-refractivity contribution in [2.45, 2.75) is 0 Å². The third-order valence-electron chi connectivity index (χ3n) is 2.23. The standard InChI is InChI=1S/C12H6Br4O/c13-6-1-2-8(9(15)3-6)12-10(16)4-7(14)5-11(12)17/h1-5,17H. The molecule has 1 N–H and O–H groups in total. The lowest BCUT2D eigenvalue weighted by atomic mass is 10.1. The quantitative estimate of drug-likeness (QED) is 0.517. The predicted molar refractivity (Wildman–Crippen MR) is 84.3 cm³/mol. The van der Waals surface area contributed by atoms with Crippen molar-refractivity contribution < 1.29 is 5.11 Å². The molecule has 0 aliphatic heterocycles. The molecule has 0 fully saturated rings. The van der Waals surface area contributed by atoms with Gasteiger partial charge in [-0.2, -0.15) is 0 Å². The Balaban J connectivity index is 2.68. The van der Waals surface area contributed by atoms with Gasteiger partial charge in [0.1, 0.15) is 5.75 Å². The molecule has 0 radical (unpaired) electrons. The molecule has 0 atom stereocenters. The molecule has 5 heteroatoms. The summed E-state index contributed by atoms with van der Waals surface area (Å²) in [6.45, 7) is 0. The minimum absolute atomic E-state index is 0.231. The number of aromatic hydroxyl groups is 1. The highest BCUT2D eigenvalue weighted by Crippen LogP contribution is 2.42. The van der Waals surface area contributed by atoms with Crippen molar-refractivity contribution in [2.24, 2.45) is 0 Å². The Bertz CT molecular complexity index is 558. The Morgan fingerprint density at radius 1 is 0.765 bits per heavy atom. The van der Waals surface area contributed by atoms with E-state index in [0.717, 1.165) is 29.0 Å². The summed E-state index contributed by atoms with van der Waals surface area (Å²) in [5.41, 5.74) is 1.71. The van der Waals surface area contributed by atoms with Gasteiger partial charge in [0.15, 0.2) is 0 Å². The van der Waals surface area contributed by atoms with Crippen molar-refractivity contribution in [1.29, 1.82) is 0 Å². The lowest BCUT2D eigenvalue weighted by molar-refractivity contribution is 0.476. The number of rotatable bonds is 1. The number of halogens is 4. The zero-order chi connectivity index (χ0) is 12.6. The maximum absolute atomic E-state index is 10.0. The summed E-state index contributed by atoms with van der Waals surface area (Å²) >= 11 is 13.7. The van der Waals surface area contributed by atoms with E-state index in [4.69, 9.17) is 0 Å². The van der Waals surface area contributed by atoms with Gasteiger partial charge in [-0.25, -0.2) is 0 Å². The summed E-state index contributed by atoms with van der Waals surface area (Å²) in [5, 5.41) is 10.0. The minimum atomic E-state index is 0.231. The second-order valence-corrected chi connectivity index (χ2v) is 6.95. The zero-order valence-electron chi connectivity index (χ0n) is 8.35. The molecule has 0 unspecified atom stereocenters. The van der Waals surface area contributed by atoms with Crippen molar-refractivity contribution in [1.82, 2.24) is 0 Å². The first-order chi connectivity index (χ1) is 7.99. The van der Waals surface area contributed by atoms with E-state index in [1.165, 1.54) is 0 Å². The molecular formula is C12H6Br4O. The van der Waals surface area contributed by atoms with Crippen LogP contribution in [0.25, 0.3) is 11.1 Å². The highest BCUT2D eigenvalue weighted by atomic mass is 79.9. The summed E-state index contributed by atoms with van der Waals surface area (Å²) in [4.78, 5) is 0. The second kappa shape index (κ2) is 5.43. The molecule has 2 aromatic carbocycles. The van der Waals surface area contributed by atoms with Crippen LogP contribution in [0.15, 0.2) is 48.2 Å². The average molecular weight is 486 g/mol. The van der Waals surface area contributed by atoms with Crippen LogP contribution in [0.3, 0.4) is 0 Å². The van der Waals surface area contributed by atoms with Gasteiger partial charge < -0.3 is 5.11 Å². The van der Waals surface area contributed by atoms with Crippen LogP contribution in [-0.4, -0.2) is 5.11 Å². The van der Waals surface area contributed by atoms with E-state index >= 15 is 0 Å². The lowest BCUT2D eigenvalue weighted by Gasteiger charge is -2.10. The van der Waals surface area contributed by atoms with E-state index < -0.39 is 0 Å². The monoisotopic (exact) mass is 482 g/mol. The maximum Gasteiger partial charge on any atom is 0.125 e. The van der Waals surface area contributed by atoms with E-state index in [9.17, 15) is 5.11 Å². The fourth-order valence-corrected chi connectivity index (χ4v) is 4.18. The molecule has 0 saturated heterocycles. The number of phenolic OH excluding ortho intramolecular Hbond substituents is 1. The van der Waals surface area contributed by atoms with E-state index in [1.807, 2.05) is 24.3 Å². The average Bonchev–Trinajstić information content (AvgIpc) is 2.19. The molecular weight excluding hydrogens is 480 g/mol. The lowest BCUT2D eigenvalue weighted by Crippen LogP contribution is -1.84. The largest absolute Gasteiger partial charge is 0.507 e. The van der Waals surface area contributed by atoms with E-state index in [-0.39, 0.29) is 5.75 Å². The fraction of sp³-hybridized carbons (Fsp3) is 0. The maximum atomic E-state index is 10.0. The Morgan fingerprint density at radius 3 is 2.00 bits per heavy atom. The Kier molecular flexibility index (Phi) is 4.34. The smallest absolute Gasteiger partial charge is 0.125 e. The van der Waals surface area contributed by atoms with Gasteiger partial charge in [-0.3, -0.25) is 0 Å². The summed E-state index contributed by atoms with van der Waals surface area (Å²) in [7, 11) is 0. The Labute approximate surface area is 133 Å². The second-order valence-electron chi connectivity index (χ2n) is 3.41. The predicted octanol–water partition coefficient (Wildman–Crippen LogP) is 6.11. The molecule has 0 bridgehead atoms. The van der Waals surface area contributed by atoms with Crippen LogP contribution in [0.1, 0.15) is 0 Å². The van der Waals surface area contributed by atoms with Crippen LogP contribution < -0.4 is 0 Å². The van der Waals surface area contributed by atoms with E-state index in [0.29, 0.717) is 0 Å². The molecule has 0 aromatic heterocycles. The van der Waals surface area contributed by atoms with Crippen molar-refractivity contribution in [2.75, 3.05) is 0 Å². The van der Waals surface area contributed by atoms with Crippen LogP contribution >= 0.6 is 63.7 Å². The first-order valence-corrected chi connectivity index (χ1v) is 7.79. The van der Waals surface area contributed by atoms with Gasteiger partial charge in [-0.05, 0) is 40.2 Å². The molecule has 88 valence electrons. The first-order valence-electron chi connectivity index (χ1n) is 4.62. The molecule has 0 aliphatic carbocycles. The zero-order valence-corrected chi connectivity index (χ0v) is 14.7. The van der Waals surface area contributed by atoms with Gasteiger partial charge in [0.2, 0.25) is 0 Å². The SMILES string of the molecule is Oc1cc(Br)cc(Br)c1-c1ccc(Br)cc1Br. The van der Waals surface area contributed by atoms with Gasteiger partial charge in [0, 0.05) is 29.0 Å². The van der Waals surface area contributed by atoms with E-state index in [2.05, 4.69) is 63.7 Å². The molecule has 0 saturated carbocycles. The van der Waals surface area contributed by atoms with Crippen molar-refractivity contribution in [3.63, 3.8) is 0 Å². The van der Waals surface area contributed by atoms with Crippen LogP contribution in [0.2, 0.25) is 0 Å². The highest BCUT2D eigenvalue weighted by Gasteiger charge is 2.13. The van der Waals surface area contributed by atoms with Crippen LogP contribution in [0, 0.1) is 0 Å². The molecule has 2 aromatic rings. The Morgan fingerprint density at radius 2 is 1.41 bits per heavy atom. The van der Waals surface area contributed by atoms with Crippen molar-refractivity contribution in [3.8, 4) is 16.9 Å². The summed E-state index contributed by atoms with van der Waals surface area (Å²) in [6, 6.07) is 9.41. The highest BCUT2D eigenvalue weighted by molar-refractivity contribution is 9.11. The molecule has 0 heterocycles. The van der Waals surface area contributed by atoms with E-state index in [1.54, 1.807) is 6.07 Å². The van der Waals surface area contributed by atoms with Gasteiger partial charge in [-0.1, -0.05) is 53.9 Å². The summed E-state index contributed by atoms with van der Waals surface area (Å²) in [6.07, 6.45) is 0. The van der Waals surface area contributed by atoms with Gasteiger partial charge in [0.05, 0.1) is 0 Å². The summed E-state index contributed by atoms with van der Waals surface area (Å²) in [5.74, 6) is 0.231. The normalized spacial score (nSPS) is 10.6. The van der Waals surface area contributed by atoms with Gasteiger partial charge >= 0.3 is 0 Å². The summed E-state index contributed by atoms with van der Waals surface area (Å²) < 4.78 is 3.58. The number of hydrogen-bond acceptors (Lipinski definition) is 1. The number of phenols is 1. The minimum Gasteiger partial charge on any atom is -0.507 e. The van der Waals surface area contributed by atoms with Crippen LogP contribution in [-0.2, 0) is 0 Å². The third kappa shape index (κ3) is 2.95. The first kappa shape index (κ1) is 13.6. The molecule has 0 spiro atoms. The molecule has 2 rings (SSSR count). The van der Waals surface area contributed by atoms with Crippen molar-refractivity contribution >= 4 is 63.7 Å². The van der Waals surface area contributed by atoms with Gasteiger partial charge in [-0.15, -0.1) is 0 Å². The van der Waals surface area contributed by atoms with Crippen molar-refractivity contribution in [3.05, 3.63) is 48.2 Å². The van der Waals surface area contributed by atoms with Crippen LogP contribution in [0.4, 0.5) is 0 Å². The number of hydrogen-bond donors (Lipinski definition) is 1. The van der Waals surface area contributed by atoms with Crippen LogP contribution in [0.5, 0.6) is 5.75 Å². The fourth-order valence-electron chi connectivity index (χ4n) is 1.52. The molecule has 0 amide bonds. The molecule has 1 nitrogen and oxygen atoms in total. The topological polar surface area (TPSA) is 20.2 Å². The molecule has 17 heavy (non-hydrogen) atoms.